The molecule has 0 aromatic heterocycles. The second-order valence-electron chi connectivity index (χ2n) is 3.77. The third kappa shape index (κ3) is 3.70. The standard InChI is InChI=1S/C11H14BrFN2.ClH/c12-10-2-1-9(7-11(10)13)8-15-5-3-14-4-6-15;/h1-2,7,14H,3-6,8H2;1H. The average molecular weight is 310 g/mol. The van der Waals surface area contributed by atoms with Gasteiger partial charge in [-0.05, 0) is 33.6 Å². The van der Waals surface area contributed by atoms with Crippen molar-refractivity contribution in [3.63, 3.8) is 0 Å². The van der Waals surface area contributed by atoms with Crippen molar-refractivity contribution in [3.05, 3.63) is 34.1 Å². The summed E-state index contributed by atoms with van der Waals surface area (Å²) in [4.78, 5) is 2.33. The Hall–Kier alpha value is -0.160. The van der Waals surface area contributed by atoms with E-state index >= 15 is 0 Å². The fourth-order valence-corrected chi connectivity index (χ4v) is 2.01. The highest BCUT2D eigenvalue weighted by atomic mass is 79.9. The molecule has 0 bridgehead atoms. The number of rotatable bonds is 2. The van der Waals surface area contributed by atoms with Gasteiger partial charge in [0.2, 0.25) is 0 Å². The Morgan fingerprint density at radius 1 is 1.31 bits per heavy atom. The Labute approximate surface area is 110 Å². The molecule has 1 aromatic carbocycles. The highest BCUT2D eigenvalue weighted by Crippen LogP contribution is 2.17. The summed E-state index contributed by atoms with van der Waals surface area (Å²) in [5.74, 6) is -0.178. The smallest absolute Gasteiger partial charge is 0.137 e. The van der Waals surface area contributed by atoms with Crippen molar-refractivity contribution < 1.29 is 4.39 Å². The first kappa shape index (κ1) is 13.9. The molecule has 1 aliphatic rings. The molecule has 1 fully saturated rings. The van der Waals surface area contributed by atoms with Crippen LogP contribution in [0.1, 0.15) is 5.56 Å². The van der Waals surface area contributed by atoms with Crippen LogP contribution in [-0.4, -0.2) is 31.1 Å². The lowest BCUT2D eigenvalue weighted by atomic mass is 10.2. The van der Waals surface area contributed by atoms with Crippen molar-refractivity contribution in [2.75, 3.05) is 26.2 Å². The highest BCUT2D eigenvalue weighted by Gasteiger charge is 2.10. The van der Waals surface area contributed by atoms with E-state index in [1.54, 1.807) is 12.1 Å². The van der Waals surface area contributed by atoms with Crippen molar-refractivity contribution >= 4 is 28.3 Å². The van der Waals surface area contributed by atoms with Crippen LogP contribution in [0, 0.1) is 5.82 Å². The first-order valence-electron chi connectivity index (χ1n) is 5.13. The molecule has 1 N–H and O–H groups in total. The summed E-state index contributed by atoms with van der Waals surface area (Å²) in [6.07, 6.45) is 0. The zero-order valence-corrected chi connectivity index (χ0v) is 11.3. The van der Waals surface area contributed by atoms with Gasteiger partial charge in [0.25, 0.3) is 0 Å². The van der Waals surface area contributed by atoms with Crippen LogP contribution in [0.15, 0.2) is 22.7 Å². The minimum Gasteiger partial charge on any atom is -0.314 e. The zero-order chi connectivity index (χ0) is 10.7. The molecule has 0 radical (unpaired) electrons. The molecule has 0 amide bonds. The van der Waals surface area contributed by atoms with Crippen LogP contribution in [0.5, 0.6) is 0 Å². The maximum absolute atomic E-state index is 13.3. The van der Waals surface area contributed by atoms with Crippen LogP contribution in [0.2, 0.25) is 0 Å². The number of hydrogen-bond donors (Lipinski definition) is 1. The lowest BCUT2D eigenvalue weighted by molar-refractivity contribution is 0.233. The Morgan fingerprint density at radius 3 is 2.62 bits per heavy atom. The molecule has 1 aliphatic heterocycles. The molecule has 5 heteroatoms. The summed E-state index contributed by atoms with van der Waals surface area (Å²) in [6, 6.07) is 5.34. The number of halogens is 3. The van der Waals surface area contributed by atoms with Crippen LogP contribution in [0.3, 0.4) is 0 Å². The van der Waals surface area contributed by atoms with E-state index < -0.39 is 0 Å². The van der Waals surface area contributed by atoms with Gasteiger partial charge in [-0.15, -0.1) is 12.4 Å². The van der Waals surface area contributed by atoms with Crippen LogP contribution < -0.4 is 5.32 Å². The number of nitrogens with zero attached hydrogens (tertiary/aromatic N) is 1. The third-order valence-corrected chi connectivity index (χ3v) is 3.24. The SMILES string of the molecule is Cl.Fc1cc(CN2CCNCC2)ccc1Br. The van der Waals surface area contributed by atoms with Crippen molar-refractivity contribution in [1.82, 2.24) is 10.2 Å². The van der Waals surface area contributed by atoms with Crippen molar-refractivity contribution in [1.29, 1.82) is 0 Å². The van der Waals surface area contributed by atoms with E-state index in [4.69, 9.17) is 0 Å². The van der Waals surface area contributed by atoms with Gasteiger partial charge >= 0.3 is 0 Å². The molecule has 0 spiro atoms. The lowest BCUT2D eigenvalue weighted by Gasteiger charge is -2.27. The topological polar surface area (TPSA) is 15.3 Å². The third-order valence-electron chi connectivity index (χ3n) is 2.60. The first-order chi connectivity index (χ1) is 7.25. The van der Waals surface area contributed by atoms with Gasteiger partial charge in [-0.1, -0.05) is 6.07 Å². The van der Waals surface area contributed by atoms with Gasteiger partial charge in [0.15, 0.2) is 0 Å². The summed E-state index contributed by atoms with van der Waals surface area (Å²) >= 11 is 3.16. The number of piperazine rings is 1. The molecule has 1 saturated heterocycles. The van der Waals surface area contributed by atoms with Gasteiger partial charge in [-0.3, -0.25) is 4.90 Å². The van der Waals surface area contributed by atoms with Crippen LogP contribution in [0.4, 0.5) is 4.39 Å². The second kappa shape index (κ2) is 6.55. The first-order valence-corrected chi connectivity index (χ1v) is 5.92. The Balaban J connectivity index is 0.00000128. The molecule has 2 nitrogen and oxygen atoms in total. The van der Waals surface area contributed by atoms with Crippen LogP contribution in [0.25, 0.3) is 0 Å². The van der Waals surface area contributed by atoms with Gasteiger partial charge in [0, 0.05) is 32.7 Å². The molecule has 90 valence electrons. The average Bonchev–Trinajstić information content (AvgIpc) is 2.25. The predicted molar refractivity (Wildman–Crippen MR) is 69.5 cm³/mol. The molecule has 1 aromatic rings. The van der Waals surface area contributed by atoms with E-state index in [1.165, 1.54) is 0 Å². The van der Waals surface area contributed by atoms with Crippen molar-refractivity contribution in [2.45, 2.75) is 6.54 Å². The molecule has 2 rings (SSSR count). The molecule has 0 saturated carbocycles. The highest BCUT2D eigenvalue weighted by molar-refractivity contribution is 9.10. The summed E-state index contributed by atoms with van der Waals surface area (Å²) in [5, 5.41) is 3.30. The Morgan fingerprint density at radius 2 is 2.00 bits per heavy atom. The van der Waals surface area contributed by atoms with Crippen LogP contribution >= 0.6 is 28.3 Å². The maximum atomic E-state index is 13.3. The van der Waals surface area contributed by atoms with Gasteiger partial charge in [-0.25, -0.2) is 4.39 Å². The van der Waals surface area contributed by atoms with Crippen molar-refractivity contribution in [2.24, 2.45) is 0 Å². The van der Waals surface area contributed by atoms with Gasteiger partial charge in [0.05, 0.1) is 4.47 Å². The Kier molecular flexibility index (Phi) is 5.69. The summed E-state index contributed by atoms with van der Waals surface area (Å²) < 4.78 is 13.8. The van der Waals surface area contributed by atoms with E-state index in [0.29, 0.717) is 4.47 Å². The second-order valence-corrected chi connectivity index (χ2v) is 4.63. The molecule has 16 heavy (non-hydrogen) atoms. The number of nitrogens with one attached hydrogen (secondary N) is 1. The molecule has 0 aliphatic carbocycles. The monoisotopic (exact) mass is 308 g/mol. The molecule has 0 atom stereocenters. The molecule has 0 unspecified atom stereocenters. The largest absolute Gasteiger partial charge is 0.314 e. The van der Waals surface area contributed by atoms with Crippen molar-refractivity contribution in [3.8, 4) is 0 Å². The van der Waals surface area contributed by atoms with E-state index in [-0.39, 0.29) is 18.2 Å². The minimum atomic E-state index is -0.178. The van der Waals surface area contributed by atoms with E-state index in [1.807, 2.05) is 6.07 Å². The minimum absolute atomic E-state index is 0. The lowest BCUT2D eigenvalue weighted by Crippen LogP contribution is -2.42. The fourth-order valence-electron chi connectivity index (χ4n) is 1.77. The fraction of sp³-hybridized carbons (Fsp3) is 0.455. The maximum Gasteiger partial charge on any atom is 0.137 e. The predicted octanol–water partition coefficient (Wildman–Crippen LogP) is 2.42. The zero-order valence-electron chi connectivity index (χ0n) is 8.88. The molecule has 1 heterocycles. The van der Waals surface area contributed by atoms with Gasteiger partial charge in [-0.2, -0.15) is 0 Å². The van der Waals surface area contributed by atoms with Crippen LogP contribution in [-0.2, 0) is 6.54 Å². The summed E-state index contributed by atoms with van der Waals surface area (Å²) in [6.45, 7) is 4.97. The van der Waals surface area contributed by atoms with E-state index in [0.717, 1.165) is 38.3 Å². The van der Waals surface area contributed by atoms with E-state index in [2.05, 4.69) is 26.1 Å². The van der Waals surface area contributed by atoms with E-state index in [9.17, 15) is 4.39 Å². The number of hydrogen-bond acceptors (Lipinski definition) is 2. The molecular weight excluding hydrogens is 294 g/mol. The molecular formula is C11H15BrClFN2. The summed E-state index contributed by atoms with van der Waals surface area (Å²) in [5.41, 5.74) is 1.04. The summed E-state index contributed by atoms with van der Waals surface area (Å²) in [7, 11) is 0. The van der Waals surface area contributed by atoms with Gasteiger partial charge in [0.1, 0.15) is 5.82 Å². The Bertz CT molecular complexity index is 343. The number of benzene rings is 1. The quantitative estimate of drug-likeness (QED) is 0.902. The van der Waals surface area contributed by atoms with Gasteiger partial charge < -0.3 is 5.32 Å². The normalized spacial score (nSPS) is 16.9.